The average molecular weight is 1250 g/mol. The molecular weight excluding hydrogens is 1110 g/mol. The zero-order valence-electron chi connectivity index (χ0n) is 58.4. The van der Waals surface area contributed by atoms with Crippen molar-refractivity contribution < 1.29 is 27.1 Å². The Morgan fingerprint density at radius 3 is 0.828 bits per heavy atom. The first-order valence-electron chi connectivity index (χ1n) is 38.6. The Hall–Kier alpha value is -1.26. The Kier molecular flexibility index (Phi) is 48.7. The van der Waals surface area contributed by atoms with Crippen LogP contribution in [0.5, 0.6) is 11.5 Å². The number of rotatable bonds is 60. The molecule has 87 heavy (non-hydrogen) atoms. The minimum Gasteiger partial charge on any atom is -0.426 e. The maximum absolute atomic E-state index is 6.98. The van der Waals surface area contributed by atoms with Gasteiger partial charge in [-0.3, -0.25) is 9.05 Å². The van der Waals surface area contributed by atoms with Gasteiger partial charge in [-0.25, -0.2) is 0 Å². The molecule has 6 nitrogen and oxygen atoms in total. The summed E-state index contributed by atoms with van der Waals surface area (Å²) < 4.78 is 41.0. The molecule has 504 valence electrons. The van der Waals surface area contributed by atoms with E-state index in [-0.39, 0.29) is 17.6 Å². The van der Waals surface area contributed by atoms with Crippen molar-refractivity contribution in [2.75, 3.05) is 13.2 Å². The number of para-hydroxylation sites is 2. The Morgan fingerprint density at radius 2 is 0.552 bits per heavy atom. The van der Waals surface area contributed by atoms with Crippen molar-refractivity contribution >= 4 is 17.2 Å². The molecule has 0 bridgehead atoms. The third-order valence-electron chi connectivity index (χ3n) is 20.2. The van der Waals surface area contributed by atoms with Crippen LogP contribution in [0.25, 0.3) is 0 Å². The Balaban J connectivity index is 1.27. The summed E-state index contributed by atoms with van der Waals surface area (Å²) in [6.07, 6.45) is 70.9. The summed E-state index contributed by atoms with van der Waals surface area (Å²) >= 11 is 0. The van der Waals surface area contributed by atoms with Gasteiger partial charge in [-0.05, 0) is 130 Å². The van der Waals surface area contributed by atoms with Crippen LogP contribution < -0.4 is 9.05 Å². The van der Waals surface area contributed by atoms with E-state index in [0.717, 1.165) is 62.9 Å². The molecule has 0 aliphatic heterocycles. The molecule has 2 aliphatic carbocycles. The van der Waals surface area contributed by atoms with Gasteiger partial charge in [0, 0.05) is 0 Å². The molecule has 0 spiro atoms. The third kappa shape index (κ3) is 38.5. The zero-order valence-corrected chi connectivity index (χ0v) is 60.2. The molecular formula is C79H142O6P2. The summed E-state index contributed by atoms with van der Waals surface area (Å²) in [5.74, 6) is 3.31. The van der Waals surface area contributed by atoms with Gasteiger partial charge in [0.2, 0.25) is 0 Å². The molecule has 8 heteroatoms. The summed E-state index contributed by atoms with van der Waals surface area (Å²) in [7, 11) is -2.98. The number of hydrogen-bond acceptors (Lipinski definition) is 6. The van der Waals surface area contributed by atoms with Gasteiger partial charge in [0.05, 0.1) is 25.4 Å². The number of unbranched alkanes of at least 4 members (excludes halogenated alkanes) is 40. The number of hydrogen-bond donors (Lipinski definition) is 0. The lowest BCUT2D eigenvalue weighted by atomic mass is 9.60. The van der Waals surface area contributed by atoms with Crippen molar-refractivity contribution in [1.29, 1.82) is 0 Å². The second kappa shape index (κ2) is 54.2. The van der Waals surface area contributed by atoms with Gasteiger partial charge in [0.25, 0.3) is 0 Å². The van der Waals surface area contributed by atoms with Gasteiger partial charge < -0.3 is 18.1 Å². The van der Waals surface area contributed by atoms with Crippen LogP contribution in [0.15, 0.2) is 48.5 Å². The van der Waals surface area contributed by atoms with Crippen LogP contribution in [-0.2, 0) is 30.9 Å². The third-order valence-corrected chi connectivity index (χ3v) is 22.6. The van der Waals surface area contributed by atoms with Crippen LogP contribution in [0.2, 0.25) is 0 Å². The van der Waals surface area contributed by atoms with E-state index in [0.29, 0.717) is 25.0 Å². The van der Waals surface area contributed by atoms with Gasteiger partial charge in [-0.1, -0.05) is 335 Å². The number of benzene rings is 2. The fraction of sp³-hybridized carbons (Fsp3) is 0.848. The summed E-state index contributed by atoms with van der Waals surface area (Å²) in [4.78, 5) is 0. The Labute approximate surface area is 543 Å². The lowest BCUT2D eigenvalue weighted by Crippen LogP contribution is -2.39. The fourth-order valence-electron chi connectivity index (χ4n) is 14.1. The molecule has 2 unspecified atom stereocenters. The Morgan fingerprint density at radius 1 is 0.310 bits per heavy atom. The molecule has 2 aromatic carbocycles. The fourth-order valence-corrected chi connectivity index (χ4v) is 16.5. The minimum absolute atomic E-state index is 0.178. The van der Waals surface area contributed by atoms with Crippen LogP contribution in [0, 0.1) is 17.3 Å². The quantitative estimate of drug-likeness (QED) is 0.0486. The standard InChI is InChI=1S/C79H142O6P2/c1-7-11-15-19-23-27-31-35-39-43-47-55-71-57-49-51-59-77(71)84-86(80-69-53-45-41-37-33-29-25-21-17-13-9-3)82-75-65-61-73(62-66-75)79(5,6)74-63-67-76(68-64-74)83-87(81-70-54-46-42-38-34-30-26-22-18-14-10-4)85-78-60-52-50-58-72(78)56-48-44-40-36-32-28-24-20-16-12-8-2/h49-52,57-60,73-76H,7-48,53-56,61-70H2,1-6H3. The lowest BCUT2D eigenvalue weighted by Gasteiger charge is -2.46. The van der Waals surface area contributed by atoms with E-state index >= 15 is 0 Å². The molecule has 2 fully saturated rings. The molecule has 0 radical (unpaired) electrons. The van der Waals surface area contributed by atoms with Gasteiger partial charge in [-0.2, -0.15) is 0 Å². The van der Waals surface area contributed by atoms with Crippen molar-refractivity contribution in [2.45, 2.75) is 400 Å². The molecule has 2 saturated carbocycles. The van der Waals surface area contributed by atoms with Crippen molar-refractivity contribution in [3.63, 3.8) is 0 Å². The first kappa shape index (κ1) is 78.2. The van der Waals surface area contributed by atoms with E-state index in [2.05, 4.69) is 90.1 Å². The Bertz CT molecular complexity index is 1680. The SMILES string of the molecule is CCCCCCCCCCCCCOP(Oc1ccccc1CCCCCCCCCCCCC)OC1CCC(C(C)(C)C2CCC(OP(OCCCCCCCCCCCCC)Oc3ccccc3CCCCCCCCCCCCC)CC2)CC1. The maximum atomic E-state index is 6.98. The second-order valence-corrected chi connectivity index (χ2v) is 30.3. The van der Waals surface area contributed by atoms with Crippen molar-refractivity contribution in [3.05, 3.63) is 59.7 Å². The minimum atomic E-state index is -1.49. The van der Waals surface area contributed by atoms with Crippen LogP contribution in [0.4, 0.5) is 0 Å². The van der Waals surface area contributed by atoms with E-state index in [9.17, 15) is 0 Å². The van der Waals surface area contributed by atoms with Crippen molar-refractivity contribution in [1.82, 2.24) is 0 Å². The highest BCUT2D eigenvalue weighted by Crippen LogP contribution is 2.53. The smallest absolute Gasteiger partial charge is 0.397 e. The highest BCUT2D eigenvalue weighted by molar-refractivity contribution is 7.42. The molecule has 2 atom stereocenters. The number of aryl methyl sites for hydroxylation is 2. The second-order valence-electron chi connectivity index (χ2n) is 28.1. The summed E-state index contributed by atoms with van der Waals surface area (Å²) in [5.41, 5.74) is 2.87. The van der Waals surface area contributed by atoms with Crippen LogP contribution in [-0.4, -0.2) is 25.4 Å². The molecule has 2 aliphatic rings. The van der Waals surface area contributed by atoms with Gasteiger partial charge in [0.15, 0.2) is 0 Å². The first-order chi connectivity index (χ1) is 42.9. The lowest BCUT2D eigenvalue weighted by molar-refractivity contribution is 0.00598. The van der Waals surface area contributed by atoms with Gasteiger partial charge in [0.1, 0.15) is 11.5 Å². The van der Waals surface area contributed by atoms with Crippen molar-refractivity contribution in [3.8, 4) is 11.5 Å². The monoisotopic (exact) mass is 1250 g/mol. The zero-order chi connectivity index (χ0) is 61.8. The highest BCUT2D eigenvalue weighted by Gasteiger charge is 2.42. The van der Waals surface area contributed by atoms with E-state index < -0.39 is 17.2 Å². The molecule has 0 saturated heterocycles. The van der Waals surface area contributed by atoms with E-state index in [1.165, 1.54) is 306 Å². The average Bonchev–Trinajstić information content (AvgIpc) is 2.11. The summed E-state index contributed by atoms with van der Waals surface area (Å²) in [6.45, 7) is 15.8. The molecule has 0 heterocycles. The van der Waals surface area contributed by atoms with E-state index in [1.807, 2.05) is 0 Å². The predicted octanol–water partition coefficient (Wildman–Crippen LogP) is 28.1. The predicted molar refractivity (Wildman–Crippen MR) is 381 cm³/mol. The van der Waals surface area contributed by atoms with Crippen LogP contribution in [0.3, 0.4) is 0 Å². The maximum Gasteiger partial charge on any atom is 0.397 e. The van der Waals surface area contributed by atoms with Crippen molar-refractivity contribution in [2.24, 2.45) is 17.3 Å². The van der Waals surface area contributed by atoms with Gasteiger partial charge in [-0.15, -0.1) is 0 Å². The van der Waals surface area contributed by atoms with Crippen LogP contribution in [0.1, 0.15) is 387 Å². The summed E-state index contributed by atoms with van der Waals surface area (Å²) in [6, 6.07) is 17.5. The van der Waals surface area contributed by atoms with E-state index in [4.69, 9.17) is 27.1 Å². The molecule has 0 N–H and O–H groups in total. The molecule has 0 aromatic heterocycles. The normalized spacial score (nSPS) is 18.1. The van der Waals surface area contributed by atoms with Gasteiger partial charge >= 0.3 is 17.2 Å². The van der Waals surface area contributed by atoms with Crippen LogP contribution >= 0.6 is 17.2 Å². The topological polar surface area (TPSA) is 55.4 Å². The van der Waals surface area contributed by atoms with E-state index in [1.54, 1.807) is 0 Å². The molecule has 0 amide bonds. The summed E-state index contributed by atoms with van der Waals surface area (Å²) in [5, 5.41) is 0. The highest BCUT2D eigenvalue weighted by atomic mass is 31.2. The largest absolute Gasteiger partial charge is 0.426 e. The first-order valence-corrected chi connectivity index (χ1v) is 40.8. The molecule has 2 aromatic rings. The molecule has 4 rings (SSSR count).